The molecule has 0 amide bonds. The summed E-state index contributed by atoms with van der Waals surface area (Å²) in [6.07, 6.45) is 1.29. The summed E-state index contributed by atoms with van der Waals surface area (Å²) in [6.45, 7) is 1.71. The number of H-pyrrole nitrogens is 1. The second-order valence-corrected chi connectivity index (χ2v) is 2.60. The molecule has 3 heteroatoms. The molecule has 1 atom stereocenters. The number of aliphatic hydroxyl groups is 1. The van der Waals surface area contributed by atoms with Gasteiger partial charge in [0.1, 0.15) is 4.64 Å². The number of aliphatic hydroxyl groups excluding tert-OH is 1. The number of hydrogen-bond acceptors (Lipinski definition) is 2. The van der Waals surface area contributed by atoms with E-state index in [2.05, 4.69) is 4.98 Å². The monoisotopic (exact) mass is 155 g/mol. The van der Waals surface area contributed by atoms with E-state index in [0.29, 0.717) is 4.64 Å². The van der Waals surface area contributed by atoms with E-state index < -0.39 is 6.10 Å². The predicted octanol–water partition coefficient (Wildman–Crippen LogP) is 1.80. The maximum Gasteiger partial charge on any atom is 0.103 e. The van der Waals surface area contributed by atoms with Crippen LogP contribution in [0.4, 0.5) is 0 Å². The highest BCUT2D eigenvalue weighted by Crippen LogP contribution is 2.08. The van der Waals surface area contributed by atoms with Crippen LogP contribution in [0.25, 0.3) is 0 Å². The maximum absolute atomic E-state index is 9.06. The SMILES string of the molecule is CC(O)c1ccc(=S)[nH]c1. The van der Waals surface area contributed by atoms with Gasteiger partial charge in [-0.05, 0) is 18.6 Å². The van der Waals surface area contributed by atoms with Crippen molar-refractivity contribution in [2.45, 2.75) is 13.0 Å². The number of pyridine rings is 1. The van der Waals surface area contributed by atoms with E-state index in [0.717, 1.165) is 5.56 Å². The van der Waals surface area contributed by atoms with Gasteiger partial charge in [0.25, 0.3) is 0 Å². The van der Waals surface area contributed by atoms with E-state index in [4.69, 9.17) is 17.3 Å². The molecule has 0 saturated carbocycles. The average molecular weight is 155 g/mol. The normalized spacial score (nSPS) is 13.0. The minimum absolute atomic E-state index is 0.424. The topological polar surface area (TPSA) is 36.0 Å². The zero-order chi connectivity index (χ0) is 7.56. The third kappa shape index (κ3) is 1.65. The Labute approximate surface area is 64.5 Å². The fourth-order valence-electron chi connectivity index (χ4n) is 0.682. The van der Waals surface area contributed by atoms with E-state index in [1.54, 1.807) is 19.2 Å². The van der Waals surface area contributed by atoms with E-state index in [9.17, 15) is 0 Å². The summed E-state index contributed by atoms with van der Waals surface area (Å²) in [4.78, 5) is 2.84. The maximum atomic E-state index is 9.06. The Morgan fingerprint density at radius 1 is 1.60 bits per heavy atom. The molecule has 0 aliphatic heterocycles. The fourth-order valence-corrected chi connectivity index (χ4v) is 0.809. The van der Waals surface area contributed by atoms with Crippen molar-refractivity contribution in [2.24, 2.45) is 0 Å². The molecule has 0 saturated heterocycles. The van der Waals surface area contributed by atoms with Gasteiger partial charge in [0.2, 0.25) is 0 Å². The Morgan fingerprint density at radius 2 is 2.30 bits per heavy atom. The number of hydrogen-bond donors (Lipinski definition) is 2. The lowest BCUT2D eigenvalue weighted by atomic mass is 10.2. The highest BCUT2D eigenvalue weighted by Gasteiger charge is 1.96. The van der Waals surface area contributed by atoms with Gasteiger partial charge in [-0.25, -0.2) is 0 Å². The van der Waals surface area contributed by atoms with E-state index in [1.165, 1.54) is 0 Å². The third-order valence-electron chi connectivity index (χ3n) is 1.29. The Bertz CT molecular complexity index is 246. The van der Waals surface area contributed by atoms with Gasteiger partial charge in [0, 0.05) is 6.20 Å². The zero-order valence-corrected chi connectivity index (χ0v) is 6.48. The Balaban J connectivity index is 3.00. The molecule has 0 spiro atoms. The molecule has 1 unspecified atom stereocenters. The standard InChI is InChI=1S/C7H9NOS/c1-5(9)6-2-3-7(10)8-4-6/h2-5,9H,1H3,(H,8,10). The van der Waals surface area contributed by atoms with Gasteiger partial charge in [-0.3, -0.25) is 0 Å². The molecule has 2 N–H and O–H groups in total. The lowest BCUT2D eigenvalue weighted by molar-refractivity contribution is 0.199. The molecule has 0 aromatic carbocycles. The first-order valence-electron chi connectivity index (χ1n) is 3.07. The lowest BCUT2D eigenvalue weighted by Gasteiger charge is -2.01. The van der Waals surface area contributed by atoms with Crippen molar-refractivity contribution in [3.63, 3.8) is 0 Å². The van der Waals surface area contributed by atoms with Crippen molar-refractivity contribution in [2.75, 3.05) is 0 Å². The molecule has 0 aliphatic carbocycles. The van der Waals surface area contributed by atoms with Crippen LogP contribution in [0.2, 0.25) is 0 Å². The van der Waals surface area contributed by atoms with Gasteiger partial charge < -0.3 is 10.1 Å². The van der Waals surface area contributed by atoms with Crippen molar-refractivity contribution in [3.8, 4) is 0 Å². The minimum atomic E-state index is -0.424. The average Bonchev–Trinajstić information content (AvgIpc) is 1.88. The number of rotatable bonds is 1. The summed E-state index contributed by atoms with van der Waals surface area (Å²) in [5.74, 6) is 0. The quantitative estimate of drug-likeness (QED) is 0.607. The summed E-state index contributed by atoms with van der Waals surface area (Å²) in [7, 11) is 0. The van der Waals surface area contributed by atoms with Gasteiger partial charge in [-0.1, -0.05) is 18.3 Å². The number of nitrogens with one attached hydrogen (secondary N) is 1. The molecular formula is C7H9NOS. The van der Waals surface area contributed by atoms with Gasteiger partial charge >= 0.3 is 0 Å². The zero-order valence-electron chi connectivity index (χ0n) is 5.66. The van der Waals surface area contributed by atoms with Crippen molar-refractivity contribution in [1.29, 1.82) is 0 Å². The van der Waals surface area contributed by atoms with Crippen molar-refractivity contribution in [1.82, 2.24) is 4.98 Å². The molecule has 1 aromatic rings. The van der Waals surface area contributed by atoms with E-state index in [-0.39, 0.29) is 0 Å². The molecule has 0 radical (unpaired) electrons. The molecule has 1 heterocycles. The molecule has 0 bridgehead atoms. The Hall–Kier alpha value is -0.670. The Morgan fingerprint density at radius 3 is 2.70 bits per heavy atom. The van der Waals surface area contributed by atoms with Crippen LogP contribution in [0.3, 0.4) is 0 Å². The number of aromatic amines is 1. The van der Waals surface area contributed by atoms with Crippen LogP contribution in [-0.2, 0) is 0 Å². The van der Waals surface area contributed by atoms with Crippen LogP contribution in [-0.4, -0.2) is 10.1 Å². The summed E-state index contributed by atoms with van der Waals surface area (Å²) in [6, 6.07) is 3.57. The van der Waals surface area contributed by atoms with Crippen LogP contribution < -0.4 is 0 Å². The molecule has 0 aliphatic rings. The number of aromatic nitrogens is 1. The largest absolute Gasteiger partial charge is 0.389 e. The molecule has 54 valence electrons. The summed E-state index contributed by atoms with van der Waals surface area (Å²) in [5, 5.41) is 9.06. The van der Waals surface area contributed by atoms with Crippen LogP contribution in [0.15, 0.2) is 18.3 Å². The molecular weight excluding hydrogens is 146 g/mol. The van der Waals surface area contributed by atoms with Crippen LogP contribution in [0, 0.1) is 4.64 Å². The van der Waals surface area contributed by atoms with Crippen LogP contribution in [0.5, 0.6) is 0 Å². The summed E-state index contributed by atoms with van der Waals surface area (Å²) in [5.41, 5.74) is 0.855. The summed E-state index contributed by atoms with van der Waals surface area (Å²) >= 11 is 4.82. The highest BCUT2D eigenvalue weighted by atomic mass is 32.1. The van der Waals surface area contributed by atoms with Gasteiger partial charge in [-0.15, -0.1) is 0 Å². The molecule has 10 heavy (non-hydrogen) atoms. The van der Waals surface area contributed by atoms with Gasteiger partial charge in [-0.2, -0.15) is 0 Å². The van der Waals surface area contributed by atoms with Gasteiger partial charge in [0.05, 0.1) is 6.10 Å². The van der Waals surface area contributed by atoms with E-state index >= 15 is 0 Å². The highest BCUT2D eigenvalue weighted by molar-refractivity contribution is 7.71. The second-order valence-electron chi connectivity index (χ2n) is 2.16. The molecule has 1 aromatic heterocycles. The minimum Gasteiger partial charge on any atom is -0.389 e. The van der Waals surface area contributed by atoms with Crippen LogP contribution in [0.1, 0.15) is 18.6 Å². The van der Waals surface area contributed by atoms with Crippen LogP contribution >= 0.6 is 12.2 Å². The molecule has 0 fully saturated rings. The van der Waals surface area contributed by atoms with Crippen molar-refractivity contribution < 1.29 is 5.11 Å². The molecule has 1 rings (SSSR count). The first kappa shape index (κ1) is 7.44. The smallest absolute Gasteiger partial charge is 0.103 e. The third-order valence-corrected chi connectivity index (χ3v) is 1.54. The second kappa shape index (κ2) is 2.94. The molecule has 2 nitrogen and oxygen atoms in total. The Kier molecular flexibility index (Phi) is 2.19. The summed E-state index contributed by atoms with van der Waals surface area (Å²) < 4.78 is 0.685. The fraction of sp³-hybridized carbons (Fsp3) is 0.286. The lowest BCUT2D eigenvalue weighted by Crippen LogP contribution is -1.90. The predicted molar refractivity (Wildman–Crippen MR) is 42.3 cm³/mol. The van der Waals surface area contributed by atoms with Gasteiger partial charge in [0.15, 0.2) is 0 Å². The van der Waals surface area contributed by atoms with Crippen molar-refractivity contribution in [3.05, 3.63) is 28.5 Å². The first-order valence-corrected chi connectivity index (χ1v) is 3.47. The first-order chi connectivity index (χ1) is 4.70. The van der Waals surface area contributed by atoms with Crippen molar-refractivity contribution >= 4 is 12.2 Å². The van der Waals surface area contributed by atoms with E-state index in [1.807, 2.05) is 6.07 Å².